The monoisotopic (exact) mass is 790 g/mol. The molecule has 2 aromatic heterocycles. The second-order valence-electron chi connectivity index (χ2n) is 15.7. The summed E-state index contributed by atoms with van der Waals surface area (Å²) in [4.78, 5) is 84.1. The van der Waals surface area contributed by atoms with Crippen LogP contribution in [0, 0.1) is 11.8 Å². The minimum Gasteiger partial charge on any atom is -0.453 e. The predicted molar refractivity (Wildman–Crippen MR) is 219 cm³/mol. The number of alkyl carbamates (subject to hydrolysis) is 2. The lowest BCUT2D eigenvalue weighted by Gasteiger charge is -2.30. The highest BCUT2D eigenvalue weighted by molar-refractivity contribution is 5.92. The number of methoxy groups -OCH3 is 2. The summed E-state index contributed by atoms with van der Waals surface area (Å²) in [7, 11) is 2.54. The fourth-order valence-electron chi connectivity index (χ4n) is 8.13. The van der Waals surface area contributed by atoms with E-state index >= 15 is 0 Å². The summed E-state index contributed by atoms with van der Waals surface area (Å²) >= 11 is 0. The van der Waals surface area contributed by atoms with E-state index < -0.39 is 30.3 Å². The minimum atomic E-state index is -0.774. The summed E-state index contributed by atoms with van der Waals surface area (Å²) in [6.07, 6.45) is 3.45. The van der Waals surface area contributed by atoms with Crippen LogP contribution in [-0.4, -0.2) is 93.1 Å². The number of nitrogens with zero attached hydrogens (tertiary/aromatic N) is 4. The molecule has 58 heavy (non-hydrogen) atoms. The Morgan fingerprint density at radius 2 is 1.22 bits per heavy atom. The van der Waals surface area contributed by atoms with Gasteiger partial charge in [-0.3, -0.25) is 14.4 Å². The quantitative estimate of drug-likeness (QED) is 0.127. The molecule has 15 nitrogen and oxygen atoms in total. The van der Waals surface area contributed by atoms with Crippen LogP contribution in [-0.2, 0) is 19.1 Å². The van der Waals surface area contributed by atoms with Crippen LogP contribution in [0.15, 0.2) is 65.6 Å². The summed E-state index contributed by atoms with van der Waals surface area (Å²) in [5, 5.41) is 7.82. The molecule has 2 fully saturated rings. The normalized spacial score (nSPS) is 17.9. The number of nitrogens with one attached hydrogen (secondary N) is 4. The molecule has 4 amide bonds. The van der Waals surface area contributed by atoms with E-state index in [0.29, 0.717) is 42.1 Å². The van der Waals surface area contributed by atoms with Crippen LogP contribution >= 0.6 is 0 Å². The van der Waals surface area contributed by atoms with Crippen LogP contribution in [0.3, 0.4) is 0 Å². The second-order valence-corrected chi connectivity index (χ2v) is 15.7. The summed E-state index contributed by atoms with van der Waals surface area (Å²) in [5.74, 6) is 0.429. The van der Waals surface area contributed by atoms with Gasteiger partial charge >= 0.3 is 12.2 Å². The van der Waals surface area contributed by atoms with Crippen molar-refractivity contribution in [2.24, 2.45) is 11.8 Å². The Morgan fingerprint density at radius 3 is 1.79 bits per heavy atom. The number of hydrogen-bond acceptors (Lipinski definition) is 9. The van der Waals surface area contributed by atoms with Crippen molar-refractivity contribution in [1.29, 1.82) is 0 Å². The fraction of sp³-hybridized carbons (Fsp3) is 0.419. The van der Waals surface area contributed by atoms with Gasteiger partial charge in [0.1, 0.15) is 23.7 Å². The van der Waals surface area contributed by atoms with Gasteiger partial charge in [-0.2, -0.15) is 0 Å². The number of carbonyl (C=O) groups is 4. The maximum atomic E-state index is 13.6. The number of fused-ring (bicyclic) bond motifs is 2. The zero-order chi connectivity index (χ0) is 41.2. The minimum absolute atomic E-state index is 0.121. The van der Waals surface area contributed by atoms with E-state index in [9.17, 15) is 24.0 Å². The van der Waals surface area contributed by atoms with Gasteiger partial charge in [0.05, 0.1) is 49.1 Å². The van der Waals surface area contributed by atoms with Crippen molar-refractivity contribution in [3.8, 4) is 22.4 Å². The van der Waals surface area contributed by atoms with E-state index in [1.165, 1.54) is 14.2 Å². The Bertz CT molecular complexity index is 2420. The highest BCUT2D eigenvalue weighted by Crippen LogP contribution is 2.35. The number of H-pyrrole nitrogens is 2. The van der Waals surface area contributed by atoms with Crippen LogP contribution in [0.1, 0.15) is 77.1 Å². The molecule has 2 saturated heterocycles. The van der Waals surface area contributed by atoms with Crippen LogP contribution in [0.4, 0.5) is 9.59 Å². The molecule has 15 heteroatoms. The van der Waals surface area contributed by atoms with Crippen molar-refractivity contribution in [3.63, 3.8) is 0 Å². The van der Waals surface area contributed by atoms with Crippen molar-refractivity contribution >= 4 is 45.7 Å². The third-order valence-corrected chi connectivity index (χ3v) is 11.3. The van der Waals surface area contributed by atoms with E-state index in [-0.39, 0.29) is 35.3 Å². The molecule has 0 spiro atoms. The number of likely N-dealkylation sites (tertiary alicyclic amines) is 2. The molecule has 4 N–H and O–H groups in total. The molecule has 4 heterocycles. The zero-order valence-corrected chi connectivity index (χ0v) is 33.6. The van der Waals surface area contributed by atoms with Gasteiger partial charge in [0.15, 0.2) is 0 Å². The van der Waals surface area contributed by atoms with Crippen molar-refractivity contribution in [1.82, 2.24) is 40.4 Å². The van der Waals surface area contributed by atoms with Gasteiger partial charge in [-0.15, -0.1) is 0 Å². The Hall–Kier alpha value is -6.25. The van der Waals surface area contributed by atoms with Gasteiger partial charge in [0.25, 0.3) is 5.56 Å². The molecule has 304 valence electrons. The zero-order valence-electron chi connectivity index (χ0n) is 33.6. The van der Waals surface area contributed by atoms with Gasteiger partial charge in [-0.1, -0.05) is 58.0 Å². The molecule has 2 aliphatic heterocycles. The highest BCUT2D eigenvalue weighted by Gasteiger charge is 2.39. The number of imidazole rings is 1. The first-order chi connectivity index (χ1) is 27.9. The lowest BCUT2D eigenvalue weighted by atomic mass is 9.98. The summed E-state index contributed by atoms with van der Waals surface area (Å²) < 4.78 is 9.50. The van der Waals surface area contributed by atoms with Gasteiger partial charge in [0.2, 0.25) is 11.8 Å². The number of hydrogen-bond donors (Lipinski definition) is 4. The number of benzene rings is 3. The number of aromatic amines is 2. The first kappa shape index (κ1) is 40.0. The largest absolute Gasteiger partial charge is 0.453 e. The molecule has 4 atom stereocenters. The molecule has 0 unspecified atom stereocenters. The van der Waals surface area contributed by atoms with Crippen LogP contribution in [0.5, 0.6) is 0 Å². The van der Waals surface area contributed by atoms with Gasteiger partial charge in [-0.05, 0) is 83.7 Å². The lowest BCUT2D eigenvalue weighted by molar-refractivity contribution is -0.136. The van der Waals surface area contributed by atoms with Crippen molar-refractivity contribution < 1.29 is 28.7 Å². The number of aromatic nitrogens is 4. The molecular formula is C43H50N8O7. The van der Waals surface area contributed by atoms with Crippen LogP contribution in [0.2, 0.25) is 0 Å². The maximum absolute atomic E-state index is 13.6. The number of ether oxygens (including phenoxy) is 2. The van der Waals surface area contributed by atoms with Gasteiger partial charge in [-0.25, -0.2) is 19.6 Å². The summed E-state index contributed by atoms with van der Waals surface area (Å²) in [6.45, 7) is 8.56. The van der Waals surface area contributed by atoms with Crippen LogP contribution in [0.25, 0.3) is 44.1 Å². The van der Waals surface area contributed by atoms with E-state index in [4.69, 9.17) is 14.5 Å². The number of rotatable bonds is 10. The van der Waals surface area contributed by atoms with Gasteiger partial charge in [0, 0.05) is 18.7 Å². The van der Waals surface area contributed by atoms with Crippen molar-refractivity contribution in [3.05, 3.63) is 82.8 Å². The first-order valence-electron chi connectivity index (χ1n) is 19.8. The van der Waals surface area contributed by atoms with E-state index in [2.05, 4.69) is 37.7 Å². The molecule has 0 aliphatic carbocycles. The molecule has 2 aliphatic rings. The maximum Gasteiger partial charge on any atom is 0.407 e. The lowest BCUT2D eigenvalue weighted by Crippen LogP contribution is -2.51. The van der Waals surface area contributed by atoms with Crippen LogP contribution < -0.4 is 16.2 Å². The number of carbonyl (C=O) groups excluding carboxylic acids is 4. The molecule has 5 aromatic rings. The van der Waals surface area contributed by atoms with E-state index in [1.807, 2.05) is 70.2 Å². The summed E-state index contributed by atoms with van der Waals surface area (Å²) in [6, 6.07) is 15.8. The Morgan fingerprint density at radius 1 is 0.707 bits per heavy atom. The highest BCUT2D eigenvalue weighted by atomic mass is 16.5. The second kappa shape index (κ2) is 16.7. The predicted octanol–water partition coefficient (Wildman–Crippen LogP) is 6.22. The Balaban J connectivity index is 1.08. The third kappa shape index (κ3) is 7.98. The molecule has 7 rings (SSSR count). The molecular weight excluding hydrogens is 741 g/mol. The smallest absolute Gasteiger partial charge is 0.407 e. The standard InChI is InChI=1S/C43H50N8O7/c1-23(2)35(47-42(55)57-5)40(53)50-17-7-9-33(50)37-44-22-32(46-37)29-14-13-25-19-26(11-12-27(25)20-29)28-15-16-31-30(21-28)39(52)49-38(45-31)34-10-8-18-51(34)41(54)36(24(3)4)48-43(56)58-6/h11-16,19-24,33-36H,7-10,17-18H2,1-6H3,(H,44,46)(H,47,55)(H,48,56)(H,45,49,52)/t33-,34-,35-,36-/m0/s1. The molecule has 0 radical (unpaired) electrons. The van der Waals surface area contributed by atoms with Crippen molar-refractivity contribution in [2.45, 2.75) is 77.5 Å². The first-order valence-corrected chi connectivity index (χ1v) is 19.8. The van der Waals surface area contributed by atoms with E-state index in [1.54, 1.807) is 16.0 Å². The van der Waals surface area contributed by atoms with E-state index in [0.717, 1.165) is 52.4 Å². The topological polar surface area (TPSA) is 192 Å². The van der Waals surface area contributed by atoms with Gasteiger partial charge < -0.3 is 39.9 Å². The number of amides is 4. The SMILES string of the molecule is COC(=O)N[C@H](C(=O)N1CCC[C@H]1c1ncc(-c2ccc3cc(-c4ccc5nc([C@@H]6CCCN6C(=O)[C@@H](NC(=O)OC)C(C)C)[nH]c(=O)c5c4)ccc3c2)[nH]1)C(C)C. The molecule has 0 bridgehead atoms. The molecule has 0 saturated carbocycles. The Kier molecular flexibility index (Phi) is 11.5. The fourth-order valence-corrected chi connectivity index (χ4v) is 8.13. The average molecular weight is 791 g/mol. The average Bonchev–Trinajstić information content (AvgIpc) is 4.02. The summed E-state index contributed by atoms with van der Waals surface area (Å²) in [5.41, 5.74) is 3.82. The Labute approximate surface area is 335 Å². The third-order valence-electron chi connectivity index (χ3n) is 11.3. The molecule has 3 aromatic carbocycles. The van der Waals surface area contributed by atoms with Crippen molar-refractivity contribution in [2.75, 3.05) is 27.3 Å².